The number of rotatable bonds is 14. The van der Waals surface area contributed by atoms with E-state index in [-0.39, 0.29) is 59.5 Å². The van der Waals surface area contributed by atoms with Gasteiger partial charge in [0.05, 0.1) is 27.4 Å². The molecular weight excluding hydrogens is 962 g/mol. The normalized spacial score (nSPS) is 17.3. The van der Waals surface area contributed by atoms with E-state index in [1.165, 1.54) is 6.92 Å². The van der Waals surface area contributed by atoms with Crippen LogP contribution in [0.25, 0.3) is 11.1 Å². The summed E-state index contributed by atoms with van der Waals surface area (Å²) in [7, 11) is -4.50. The third-order valence-electron chi connectivity index (χ3n) is 12.6. The summed E-state index contributed by atoms with van der Waals surface area (Å²) in [6, 6.07) is 29.7. The number of aliphatic carboxylic acids is 1. The van der Waals surface area contributed by atoms with Crippen molar-refractivity contribution in [3.8, 4) is 34.4 Å². The summed E-state index contributed by atoms with van der Waals surface area (Å²) in [6.07, 6.45) is 2.66. The zero-order chi connectivity index (χ0) is 48.4. The van der Waals surface area contributed by atoms with Crippen LogP contribution in [0, 0.1) is 24.2 Å². The lowest BCUT2D eigenvalue weighted by molar-refractivity contribution is -0.142. The van der Waals surface area contributed by atoms with Crippen LogP contribution >= 0.6 is 34.5 Å². The Hall–Kier alpha value is -6.48. The number of carbonyl (C=O) groups is 3. The monoisotopic (exact) mass is 1010 g/mol. The number of halogens is 2. The zero-order valence-electron chi connectivity index (χ0n) is 37.1. The summed E-state index contributed by atoms with van der Waals surface area (Å²) in [4.78, 5) is 44.7. The molecule has 2 amide bonds. The van der Waals surface area contributed by atoms with Gasteiger partial charge < -0.3 is 30.0 Å². The van der Waals surface area contributed by atoms with Gasteiger partial charge in [-0.3, -0.25) is 9.59 Å². The van der Waals surface area contributed by atoms with Crippen molar-refractivity contribution in [3.05, 3.63) is 152 Å². The molecule has 1 aromatic heterocycles. The number of amides is 2. The number of anilines is 1. The lowest BCUT2D eigenvalue weighted by Crippen LogP contribution is -2.55. The molecule has 1 aliphatic carbocycles. The smallest absolute Gasteiger partial charge is 0.326 e. The fourth-order valence-corrected chi connectivity index (χ4v) is 12.2. The molecule has 69 heavy (non-hydrogen) atoms. The van der Waals surface area contributed by atoms with Crippen molar-refractivity contribution in [2.75, 3.05) is 11.9 Å². The third kappa shape index (κ3) is 10.6. The summed E-state index contributed by atoms with van der Waals surface area (Å²) < 4.78 is 49.4. The molecule has 3 N–H and O–H groups in total. The van der Waals surface area contributed by atoms with Gasteiger partial charge in [0, 0.05) is 18.9 Å². The molecular formula is C51H45Cl2N5O9S2. The molecule has 0 spiro atoms. The highest BCUT2D eigenvalue weighted by Crippen LogP contribution is 2.43. The zero-order valence-corrected chi connectivity index (χ0v) is 40.3. The van der Waals surface area contributed by atoms with Crippen molar-refractivity contribution in [1.82, 2.24) is 14.6 Å². The molecule has 18 heteroatoms. The number of aromatic nitrogens is 1. The molecule has 5 aromatic carbocycles. The van der Waals surface area contributed by atoms with Gasteiger partial charge in [0.1, 0.15) is 31.0 Å². The fraction of sp³-hybridized carbons (Fsp3) is 0.275. The summed E-state index contributed by atoms with van der Waals surface area (Å²) in [6.45, 7) is 1.71. The van der Waals surface area contributed by atoms with Gasteiger partial charge in [-0.2, -0.15) is 9.57 Å². The van der Waals surface area contributed by atoms with Crippen LogP contribution in [0.15, 0.2) is 107 Å². The highest BCUT2D eigenvalue weighted by molar-refractivity contribution is 7.91. The van der Waals surface area contributed by atoms with E-state index >= 15 is 0 Å². The first-order valence-corrected chi connectivity index (χ1v) is 25.3. The number of sulfonamides is 1. The van der Waals surface area contributed by atoms with E-state index in [1.54, 1.807) is 48.5 Å². The van der Waals surface area contributed by atoms with E-state index in [0.29, 0.717) is 49.5 Å². The maximum Gasteiger partial charge on any atom is 0.326 e. The number of fused-ring (bicyclic) bond motifs is 2. The van der Waals surface area contributed by atoms with Gasteiger partial charge in [-0.1, -0.05) is 102 Å². The average Bonchev–Trinajstić information content (AvgIpc) is 4.04. The van der Waals surface area contributed by atoms with Gasteiger partial charge in [0.25, 0.3) is 10.0 Å². The largest absolute Gasteiger partial charge is 0.489 e. The molecule has 3 aliphatic rings. The van der Waals surface area contributed by atoms with Gasteiger partial charge in [0.15, 0.2) is 26.9 Å². The lowest BCUT2D eigenvalue weighted by atomic mass is 9.94. The molecule has 9 rings (SSSR count). The van der Waals surface area contributed by atoms with Gasteiger partial charge in [-0.15, -0.1) is 0 Å². The first-order chi connectivity index (χ1) is 33.2. The molecule has 3 atom stereocenters. The number of ether oxygens (including phenoxy) is 3. The fourth-order valence-electron chi connectivity index (χ4n) is 8.79. The number of carboxylic acid groups (broad SMARTS) is 1. The number of carbonyl (C=O) groups excluding carboxylic acids is 2. The Balaban J connectivity index is 0.956. The van der Waals surface area contributed by atoms with Crippen molar-refractivity contribution >= 4 is 67.5 Å². The first-order valence-electron chi connectivity index (χ1n) is 22.3. The number of hydrogen-bond acceptors (Lipinski definition) is 11. The van der Waals surface area contributed by atoms with Crippen LogP contribution in [0.5, 0.6) is 17.2 Å². The second-order valence-electron chi connectivity index (χ2n) is 17.2. The standard InChI is InChI=1S/C51H45Cl2N5O9S2/c1-29-50(68-51(55-29)57-47(59)36-4-2-3-5-36)69(63,64)58-26-38-24-45-44(66-28-46(67-45)35-15-17-39(18-16-35)65-27-32-10-19-40(52)41(53)20-32)23-37(38)22-43(58)48(60)56-42(49(61)62)21-30-6-11-33(12-7-30)34-13-8-31(25-54)9-14-34/h6-20,23-24,36,42-43,46H,2-5,21-22,26-28H2,1H3,(H,56,60)(H,61,62)(H,55,57,59)/t42?,43-,46+/m0/s1. The highest BCUT2D eigenvalue weighted by atomic mass is 35.5. The number of benzene rings is 5. The summed E-state index contributed by atoms with van der Waals surface area (Å²) in [5, 5.41) is 26.0. The van der Waals surface area contributed by atoms with Crippen LogP contribution < -0.4 is 24.8 Å². The van der Waals surface area contributed by atoms with E-state index in [2.05, 4.69) is 21.7 Å². The molecule has 3 heterocycles. The van der Waals surface area contributed by atoms with Crippen molar-refractivity contribution in [1.29, 1.82) is 5.26 Å². The van der Waals surface area contributed by atoms with Crippen LogP contribution in [0.1, 0.15) is 70.9 Å². The quantitative estimate of drug-likeness (QED) is 0.0940. The molecule has 1 unspecified atom stereocenters. The predicted octanol–water partition coefficient (Wildman–Crippen LogP) is 9.44. The Kier molecular flexibility index (Phi) is 14.0. The Morgan fingerprint density at radius 2 is 1.58 bits per heavy atom. The minimum absolute atomic E-state index is 0.0862. The second-order valence-corrected chi connectivity index (χ2v) is 21.1. The van der Waals surface area contributed by atoms with E-state index in [9.17, 15) is 27.9 Å². The lowest BCUT2D eigenvalue weighted by Gasteiger charge is -2.36. The van der Waals surface area contributed by atoms with Crippen LogP contribution in [0.2, 0.25) is 10.0 Å². The van der Waals surface area contributed by atoms with Gasteiger partial charge in [0.2, 0.25) is 11.8 Å². The molecule has 1 saturated carbocycles. The summed E-state index contributed by atoms with van der Waals surface area (Å²) in [5.41, 5.74) is 5.88. The van der Waals surface area contributed by atoms with E-state index in [4.69, 9.17) is 42.7 Å². The molecule has 354 valence electrons. The minimum atomic E-state index is -4.50. The Morgan fingerprint density at radius 1 is 0.899 bits per heavy atom. The average molecular weight is 1010 g/mol. The SMILES string of the molecule is Cc1nc(NC(=O)C2CCCC2)sc1S(=O)(=O)N1Cc2cc3c(cc2C[C@H]1C(=O)NC(Cc1ccc(-c2ccc(C#N)cc2)cc1)C(=O)O)OC[C@H](c1ccc(OCc2ccc(Cl)c(Cl)c2)cc1)O3. The number of thiazole rings is 1. The number of hydrogen-bond donors (Lipinski definition) is 3. The molecule has 0 saturated heterocycles. The summed E-state index contributed by atoms with van der Waals surface area (Å²) in [5.74, 6) is -1.08. The highest BCUT2D eigenvalue weighted by Gasteiger charge is 2.43. The second kappa shape index (κ2) is 20.2. The molecule has 14 nitrogen and oxygen atoms in total. The molecule has 2 aliphatic heterocycles. The van der Waals surface area contributed by atoms with Crippen LogP contribution in [0.4, 0.5) is 5.13 Å². The van der Waals surface area contributed by atoms with Gasteiger partial charge in [-0.25, -0.2) is 18.2 Å². The van der Waals surface area contributed by atoms with Crippen molar-refractivity contribution in [2.45, 2.75) is 81.0 Å². The number of nitrogens with zero attached hydrogens (tertiary/aromatic N) is 3. The Bertz CT molecular complexity index is 3080. The van der Waals surface area contributed by atoms with Crippen molar-refractivity contribution in [2.24, 2.45) is 5.92 Å². The maximum absolute atomic E-state index is 14.9. The van der Waals surface area contributed by atoms with Crippen molar-refractivity contribution < 1.29 is 42.1 Å². The Labute approximate surface area is 412 Å². The van der Waals surface area contributed by atoms with Gasteiger partial charge in [-0.05, 0) is 114 Å². The molecule has 0 bridgehead atoms. The number of nitrogens with one attached hydrogen (secondary N) is 2. The Morgan fingerprint density at radius 3 is 2.26 bits per heavy atom. The number of carboxylic acids is 1. The molecule has 0 radical (unpaired) electrons. The van der Waals surface area contributed by atoms with Crippen LogP contribution in [-0.2, 0) is 50.4 Å². The number of aryl methyl sites for hydroxylation is 1. The topological polar surface area (TPSA) is 197 Å². The van der Waals surface area contributed by atoms with Crippen LogP contribution in [-0.4, -0.2) is 59.3 Å². The molecule has 1 fully saturated rings. The molecule has 6 aromatic rings. The first kappa shape index (κ1) is 47.6. The van der Waals surface area contributed by atoms with E-state index < -0.39 is 40.1 Å². The predicted molar refractivity (Wildman–Crippen MR) is 260 cm³/mol. The van der Waals surface area contributed by atoms with Gasteiger partial charge >= 0.3 is 5.97 Å². The van der Waals surface area contributed by atoms with E-state index in [1.807, 2.05) is 54.6 Å². The minimum Gasteiger partial charge on any atom is -0.489 e. The maximum atomic E-state index is 14.9. The van der Waals surface area contributed by atoms with Crippen molar-refractivity contribution in [3.63, 3.8) is 0 Å². The summed E-state index contributed by atoms with van der Waals surface area (Å²) >= 11 is 13.0. The number of nitriles is 1. The van der Waals surface area contributed by atoms with Crippen LogP contribution in [0.3, 0.4) is 0 Å². The van der Waals surface area contributed by atoms with E-state index in [0.717, 1.165) is 63.6 Å². The third-order valence-corrected chi connectivity index (χ3v) is 16.8.